The third kappa shape index (κ3) is 3.61. The van der Waals surface area contributed by atoms with Crippen LogP contribution in [0.3, 0.4) is 0 Å². The molecule has 2 aromatic heterocycles. The van der Waals surface area contributed by atoms with Gasteiger partial charge in [-0.3, -0.25) is 4.79 Å². The Kier molecular flexibility index (Phi) is 5.15. The smallest absolute Gasteiger partial charge is 0.195 e. The summed E-state index contributed by atoms with van der Waals surface area (Å²) in [5, 5.41) is 16.3. The number of nitrogens with one attached hydrogen (secondary N) is 1. The number of nitrogens with zero attached hydrogens (tertiary/aromatic N) is 2. The molecule has 8 heteroatoms. The van der Waals surface area contributed by atoms with Crippen LogP contribution in [0.4, 0.5) is 5.69 Å². The predicted molar refractivity (Wildman–Crippen MR) is 118 cm³/mol. The van der Waals surface area contributed by atoms with Crippen LogP contribution in [-0.2, 0) is 0 Å². The minimum Gasteiger partial charge on any atom is -0.460 e. The molecule has 0 bridgehead atoms. The Hall–Kier alpha value is -3.06. The Labute approximate surface area is 178 Å². The lowest BCUT2D eigenvalue weighted by atomic mass is 9.99. The molecule has 156 valence electrons. The molecule has 0 saturated heterocycles. The second-order valence-electron chi connectivity index (χ2n) is 7.81. The summed E-state index contributed by atoms with van der Waals surface area (Å²) in [6.45, 7) is 5.74. The number of amidine groups is 1. The first-order chi connectivity index (χ1) is 14.3. The van der Waals surface area contributed by atoms with Crippen molar-refractivity contribution in [2.75, 3.05) is 5.32 Å². The fraction of sp³-hybridized carbons (Fsp3) is 0.318. The van der Waals surface area contributed by atoms with Crippen LogP contribution in [0.15, 0.2) is 38.6 Å². The second kappa shape index (κ2) is 7.65. The van der Waals surface area contributed by atoms with E-state index in [4.69, 9.17) is 27.0 Å². The van der Waals surface area contributed by atoms with E-state index in [0.717, 1.165) is 29.7 Å². The summed E-state index contributed by atoms with van der Waals surface area (Å²) in [6, 6.07) is 6.95. The molecule has 1 fully saturated rings. The van der Waals surface area contributed by atoms with Crippen LogP contribution in [-0.4, -0.2) is 16.0 Å². The number of halogens is 1. The van der Waals surface area contributed by atoms with E-state index in [-0.39, 0.29) is 28.2 Å². The molecule has 1 atom stereocenters. The number of anilines is 1. The third-order valence-corrected chi connectivity index (χ3v) is 5.64. The highest BCUT2D eigenvalue weighted by Crippen LogP contribution is 2.42. The molecule has 4 rings (SSSR count). The van der Waals surface area contributed by atoms with Gasteiger partial charge in [0.25, 0.3) is 0 Å². The number of hydrogen-bond acceptors (Lipinski definition) is 6. The van der Waals surface area contributed by atoms with E-state index in [1.807, 2.05) is 32.9 Å². The van der Waals surface area contributed by atoms with Gasteiger partial charge in [-0.15, -0.1) is 0 Å². The number of benzene rings is 1. The van der Waals surface area contributed by atoms with Gasteiger partial charge in [-0.25, -0.2) is 4.98 Å². The van der Waals surface area contributed by atoms with Crippen LogP contribution in [0.2, 0.25) is 5.15 Å². The summed E-state index contributed by atoms with van der Waals surface area (Å²) in [5.74, 6) is 0.960. The fourth-order valence-electron chi connectivity index (χ4n) is 3.75. The van der Waals surface area contributed by atoms with Crippen molar-refractivity contribution in [1.29, 1.82) is 0 Å². The summed E-state index contributed by atoms with van der Waals surface area (Å²) in [4.78, 5) is 17.2. The minimum atomic E-state index is -0.251. The zero-order chi connectivity index (χ0) is 21.6. The Balaban J connectivity index is 1.83. The lowest BCUT2D eigenvalue weighted by molar-refractivity contribution is 0.318. The Bertz CT molecular complexity index is 1230. The van der Waals surface area contributed by atoms with Gasteiger partial charge in [0.05, 0.1) is 17.1 Å². The maximum Gasteiger partial charge on any atom is 0.195 e. The van der Waals surface area contributed by atoms with Gasteiger partial charge in [0.15, 0.2) is 11.3 Å². The van der Waals surface area contributed by atoms with Gasteiger partial charge in [0.2, 0.25) is 0 Å². The van der Waals surface area contributed by atoms with Crippen LogP contribution in [0, 0.1) is 13.8 Å². The highest BCUT2D eigenvalue weighted by Gasteiger charge is 2.30. The van der Waals surface area contributed by atoms with Gasteiger partial charge in [-0.1, -0.05) is 22.8 Å². The number of oxime groups is 1. The lowest BCUT2D eigenvalue weighted by Gasteiger charge is -2.20. The van der Waals surface area contributed by atoms with Crippen LogP contribution < -0.4 is 16.5 Å². The quantitative estimate of drug-likeness (QED) is 0.180. The summed E-state index contributed by atoms with van der Waals surface area (Å²) >= 11 is 5.97. The van der Waals surface area contributed by atoms with E-state index in [2.05, 4.69) is 15.5 Å². The van der Waals surface area contributed by atoms with Gasteiger partial charge in [-0.2, -0.15) is 0 Å². The highest BCUT2D eigenvalue weighted by molar-refractivity contribution is 6.29. The van der Waals surface area contributed by atoms with Crippen molar-refractivity contribution in [2.24, 2.45) is 10.9 Å². The van der Waals surface area contributed by atoms with Crippen molar-refractivity contribution >= 4 is 34.1 Å². The van der Waals surface area contributed by atoms with Crippen molar-refractivity contribution < 1.29 is 9.62 Å². The number of aromatic nitrogens is 1. The van der Waals surface area contributed by atoms with E-state index in [1.165, 1.54) is 0 Å². The van der Waals surface area contributed by atoms with Crippen LogP contribution in [0.25, 0.3) is 11.0 Å². The lowest BCUT2D eigenvalue weighted by Crippen LogP contribution is -2.19. The Morgan fingerprint density at radius 2 is 2.10 bits per heavy atom. The number of pyridine rings is 1. The molecule has 3 aromatic rings. The molecule has 0 spiro atoms. The summed E-state index contributed by atoms with van der Waals surface area (Å²) in [5.41, 5.74) is 9.67. The van der Waals surface area contributed by atoms with E-state index < -0.39 is 0 Å². The first-order valence-electron chi connectivity index (χ1n) is 9.79. The molecule has 1 aliphatic carbocycles. The summed E-state index contributed by atoms with van der Waals surface area (Å²) in [7, 11) is 0. The van der Waals surface area contributed by atoms with Crippen molar-refractivity contribution in [1.82, 2.24) is 4.98 Å². The van der Waals surface area contributed by atoms with Gasteiger partial charge in [0.1, 0.15) is 22.2 Å². The maximum absolute atomic E-state index is 13.0. The molecular formula is C22H23ClN4O3. The first-order valence-corrected chi connectivity index (χ1v) is 10.2. The second-order valence-corrected chi connectivity index (χ2v) is 8.19. The van der Waals surface area contributed by atoms with Gasteiger partial charge < -0.3 is 20.7 Å². The highest BCUT2D eigenvalue weighted by atomic mass is 35.5. The molecule has 1 saturated carbocycles. The molecule has 0 amide bonds. The Morgan fingerprint density at radius 3 is 2.77 bits per heavy atom. The van der Waals surface area contributed by atoms with Crippen LogP contribution >= 0.6 is 11.6 Å². The molecule has 1 aromatic carbocycles. The normalized spacial score (nSPS) is 15.4. The maximum atomic E-state index is 13.0. The van der Waals surface area contributed by atoms with E-state index >= 15 is 0 Å². The molecule has 7 nitrogen and oxygen atoms in total. The molecule has 0 aliphatic heterocycles. The average Bonchev–Trinajstić information content (AvgIpc) is 3.56. The monoisotopic (exact) mass is 426 g/mol. The topological polar surface area (TPSA) is 114 Å². The third-order valence-electron chi connectivity index (χ3n) is 5.43. The van der Waals surface area contributed by atoms with E-state index in [9.17, 15) is 4.79 Å². The zero-order valence-corrected chi connectivity index (χ0v) is 17.7. The molecule has 30 heavy (non-hydrogen) atoms. The van der Waals surface area contributed by atoms with Gasteiger partial charge in [0, 0.05) is 17.0 Å². The fourth-order valence-corrected chi connectivity index (χ4v) is 3.89. The number of fused-ring (bicyclic) bond motifs is 1. The van der Waals surface area contributed by atoms with Crippen molar-refractivity contribution in [3.8, 4) is 0 Å². The number of hydrogen-bond donors (Lipinski definition) is 3. The van der Waals surface area contributed by atoms with E-state index in [0.29, 0.717) is 28.1 Å². The molecule has 0 unspecified atom stereocenters. The summed E-state index contributed by atoms with van der Waals surface area (Å²) < 4.78 is 6.30. The average molecular weight is 427 g/mol. The Morgan fingerprint density at radius 1 is 1.37 bits per heavy atom. The van der Waals surface area contributed by atoms with Gasteiger partial charge >= 0.3 is 0 Å². The zero-order valence-electron chi connectivity index (χ0n) is 17.0. The molecule has 4 N–H and O–H groups in total. The predicted octanol–water partition coefficient (Wildman–Crippen LogP) is 4.60. The number of aryl methyl sites for hydroxylation is 1. The van der Waals surface area contributed by atoms with Crippen molar-refractivity contribution in [2.45, 2.75) is 45.6 Å². The van der Waals surface area contributed by atoms with Crippen LogP contribution in [0.1, 0.15) is 59.9 Å². The SMILES string of the molecule is Cc1cc([C@@H](C)Nc2ccc(Cl)nc2C(N)=NO)c2oc(C3CC3)c(C)c(=O)c2c1. The number of nitrogens with two attached hydrogens (primary N) is 1. The van der Waals surface area contributed by atoms with Crippen LogP contribution in [0.5, 0.6) is 0 Å². The van der Waals surface area contributed by atoms with E-state index in [1.54, 1.807) is 12.1 Å². The summed E-state index contributed by atoms with van der Waals surface area (Å²) in [6.07, 6.45) is 2.09. The van der Waals surface area contributed by atoms with Gasteiger partial charge in [-0.05, 0) is 57.4 Å². The number of rotatable bonds is 5. The molecular weight excluding hydrogens is 404 g/mol. The standard InChI is InChI=1S/C22H23ClN4O3/c1-10-8-14(12(3)25-16-6-7-17(23)26-18(16)22(24)27-29)21-15(9-10)19(28)11(2)20(30-21)13-4-5-13/h6-9,12-13,25,29H,4-5H2,1-3H3,(H2,24,27)/t12-/m1/s1. The minimum absolute atomic E-state index is 0.0146. The molecule has 0 radical (unpaired) electrons. The first kappa shape index (κ1) is 20.2. The largest absolute Gasteiger partial charge is 0.460 e. The molecule has 1 aliphatic rings. The van der Waals surface area contributed by atoms with Crippen molar-refractivity contribution in [3.05, 3.63) is 67.8 Å². The molecule has 2 heterocycles. The van der Waals surface area contributed by atoms with Crippen molar-refractivity contribution in [3.63, 3.8) is 0 Å².